The minimum absolute atomic E-state index is 0.125. The van der Waals surface area contributed by atoms with Crippen molar-refractivity contribution in [3.63, 3.8) is 0 Å². The van der Waals surface area contributed by atoms with E-state index in [2.05, 4.69) is 16.5 Å². The van der Waals surface area contributed by atoms with Crippen molar-refractivity contribution in [3.8, 4) is 11.5 Å². The summed E-state index contributed by atoms with van der Waals surface area (Å²) in [4.78, 5) is 26.7. The number of nitrogens with one attached hydrogen (secondary N) is 1. The molecule has 4 rings (SSSR count). The van der Waals surface area contributed by atoms with E-state index in [-0.39, 0.29) is 18.0 Å². The smallest absolute Gasteiger partial charge is 0.291 e. The van der Waals surface area contributed by atoms with Crippen LogP contribution in [0.3, 0.4) is 0 Å². The van der Waals surface area contributed by atoms with Crippen LogP contribution in [0.1, 0.15) is 23.2 Å². The Labute approximate surface area is 189 Å². The molecule has 0 unspecified atom stereocenters. The molecule has 4 aromatic rings. The summed E-state index contributed by atoms with van der Waals surface area (Å²) in [5.41, 5.74) is 2.24. The van der Waals surface area contributed by atoms with Gasteiger partial charge in [-0.05, 0) is 37.1 Å². The standard InChI is InChI=1S/C23H26N4O4S/c1-5-21-25-26(23(29)18-12-20-17(27(18)21)10-14(2)32-20)13-22(28)24-9-8-15-6-7-16(30-3)11-19(15)31-4/h6-7,10-12H,5,8-9,13H2,1-4H3,(H,24,28). The number of rotatable bonds is 8. The van der Waals surface area contributed by atoms with Crippen molar-refractivity contribution < 1.29 is 14.3 Å². The molecule has 32 heavy (non-hydrogen) atoms. The first-order valence-electron chi connectivity index (χ1n) is 10.4. The molecular weight excluding hydrogens is 428 g/mol. The minimum Gasteiger partial charge on any atom is -0.497 e. The van der Waals surface area contributed by atoms with Gasteiger partial charge >= 0.3 is 0 Å². The van der Waals surface area contributed by atoms with Gasteiger partial charge in [0.05, 0.1) is 24.4 Å². The zero-order chi connectivity index (χ0) is 22.8. The molecule has 0 atom stereocenters. The molecule has 0 spiro atoms. The van der Waals surface area contributed by atoms with Crippen molar-refractivity contribution in [1.82, 2.24) is 19.5 Å². The second-order valence-electron chi connectivity index (χ2n) is 7.48. The Morgan fingerprint density at radius 2 is 1.97 bits per heavy atom. The fourth-order valence-electron chi connectivity index (χ4n) is 3.84. The van der Waals surface area contributed by atoms with Gasteiger partial charge in [-0.2, -0.15) is 5.10 Å². The maximum Gasteiger partial charge on any atom is 0.291 e. The number of thiophene rings is 1. The molecule has 9 heteroatoms. The molecule has 0 aliphatic heterocycles. The summed E-state index contributed by atoms with van der Waals surface area (Å²) < 4.78 is 14.8. The van der Waals surface area contributed by atoms with Crippen LogP contribution in [0.4, 0.5) is 0 Å². The van der Waals surface area contributed by atoms with Crippen LogP contribution in [0, 0.1) is 6.92 Å². The van der Waals surface area contributed by atoms with E-state index in [1.165, 1.54) is 9.56 Å². The number of methoxy groups -OCH3 is 2. The van der Waals surface area contributed by atoms with Gasteiger partial charge in [0.1, 0.15) is 29.4 Å². The summed E-state index contributed by atoms with van der Waals surface area (Å²) in [5.74, 6) is 1.91. The third-order valence-corrected chi connectivity index (χ3v) is 6.37. The predicted molar refractivity (Wildman–Crippen MR) is 125 cm³/mol. The van der Waals surface area contributed by atoms with Gasteiger partial charge in [0, 0.05) is 23.9 Å². The van der Waals surface area contributed by atoms with Crippen LogP contribution in [-0.4, -0.2) is 40.9 Å². The second kappa shape index (κ2) is 9.04. The van der Waals surface area contributed by atoms with Gasteiger partial charge in [0.25, 0.3) is 5.56 Å². The van der Waals surface area contributed by atoms with Crippen molar-refractivity contribution >= 4 is 33.0 Å². The predicted octanol–water partition coefficient (Wildman–Crippen LogP) is 2.96. The van der Waals surface area contributed by atoms with Crippen molar-refractivity contribution in [1.29, 1.82) is 0 Å². The summed E-state index contributed by atoms with van der Waals surface area (Å²) in [6, 6.07) is 9.54. The number of benzene rings is 1. The Bertz CT molecular complexity index is 1350. The third kappa shape index (κ3) is 4.08. The molecule has 0 radical (unpaired) electrons. The fourth-order valence-corrected chi connectivity index (χ4v) is 4.78. The summed E-state index contributed by atoms with van der Waals surface area (Å²) >= 11 is 1.65. The number of carbonyl (C=O) groups excluding carboxylic acids is 1. The summed E-state index contributed by atoms with van der Waals surface area (Å²) in [6.07, 6.45) is 1.24. The Morgan fingerprint density at radius 3 is 2.69 bits per heavy atom. The van der Waals surface area contributed by atoms with E-state index in [0.717, 1.165) is 21.6 Å². The second-order valence-corrected chi connectivity index (χ2v) is 8.77. The lowest BCUT2D eigenvalue weighted by Crippen LogP contribution is -2.36. The molecule has 1 amide bonds. The van der Waals surface area contributed by atoms with E-state index in [4.69, 9.17) is 9.47 Å². The van der Waals surface area contributed by atoms with Crippen LogP contribution >= 0.6 is 11.3 Å². The largest absolute Gasteiger partial charge is 0.497 e. The highest BCUT2D eigenvalue weighted by Crippen LogP contribution is 2.28. The molecule has 1 aromatic carbocycles. The van der Waals surface area contributed by atoms with Gasteiger partial charge in [-0.25, -0.2) is 4.68 Å². The van der Waals surface area contributed by atoms with Gasteiger partial charge in [-0.15, -0.1) is 11.3 Å². The van der Waals surface area contributed by atoms with E-state index in [9.17, 15) is 9.59 Å². The quantitative estimate of drug-likeness (QED) is 0.442. The number of aromatic nitrogens is 3. The monoisotopic (exact) mass is 454 g/mol. The van der Waals surface area contributed by atoms with Crippen molar-refractivity contribution in [2.24, 2.45) is 0 Å². The van der Waals surface area contributed by atoms with Crippen LogP contribution in [-0.2, 0) is 24.2 Å². The highest BCUT2D eigenvalue weighted by Gasteiger charge is 2.16. The van der Waals surface area contributed by atoms with Crippen LogP contribution in [0.5, 0.6) is 11.5 Å². The zero-order valence-corrected chi connectivity index (χ0v) is 19.4. The van der Waals surface area contributed by atoms with E-state index in [1.807, 2.05) is 42.5 Å². The summed E-state index contributed by atoms with van der Waals surface area (Å²) in [6.45, 7) is 4.33. The highest BCUT2D eigenvalue weighted by atomic mass is 32.1. The topological polar surface area (TPSA) is 86.9 Å². The third-order valence-electron chi connectivity index (χ3n) is 5.38. The molecule has 0 fully saturated rings. The number of amides is 1. The molecule has 0 saturated heterocycles. The number of nitrogens with zero attached hydrogens (tertiary/aromatic N) is 3. The molecule has 3 aromatic heterocycles. The molecule has 0 aliphatic rings. The molecular formula is C23H26N4O4S. The Kier molecular flexibility index (Phi) is 6.18. The molecule has 0 bridgehead atoms. The lowest BCUT2D eigenvalue weighted by atomic mass is 10.1. The van der Waals surface area contributed by atoms with Crippen LogP contribution < -0.4 is 20.3 Å². The van der Waals surface area contributed by atoms with Crippen molar-refractivity contribution in [2.45, 2.75) is 33.2 Å². The van der Waals surface area contributed by atoms with E-state index in [1.54, 1.807) is 25.6 Å². The molecule has 0 saturated carbocycles. The maximum absolute atomic E-state index is 13.0. The van der Waals surface area contributed by atoms with E-state index in [0.29, 0.717) is 36.4 Å². The van der Waals surface area contributed by atoms with Crippen molar-refractivity contribution in [2.75, 3.05) is 20.8 Å². The van der Waals surface area contributed by atoms with Crippen LogP contribution in [0.15, 0.2) is 35.1 Å². The number of carbonyl (C=O) groups is 1. The van der Waals surface area contributed by atoms with Gasteiger partial charge in [0.15, 0.2) is 0 Å². The number of aryl methyl sites for hydroxylation is 2. The Balaban J connectivity index is 1.49. The van der Waals surface area contributed by atoms with Gasteiger partial charge in [0.2, 0.25) is 5.91 Å². The van der Waals surface area contributed by atoms with E-state index >= 15 is 0 Å². The summed E-state index contributed by atoms with van der Waals surface area (Å²) in [5, 5.41) is 7.35. The lowest BCUT2D eigenvalue weighted by Gasteiger charge is -2.12. The minimum atomic E-state index is -0.268. The molecule has 3 heterocycles. The normalized spacial score (nSPS) is 11.2. The molecule has 0 aliphatic carbocycles. The van der Waals surface area contributed by atoms with Crippen molar-refractivity contribution in [3.05, 3.63) is 57.0 Å². The molecule has 8 nitrogen and oxygen atoms in total. The fraction of sp³-hybridized carbons (Fsp3) is 0.348. The average molecular weight is 455 g/mol. The number of ether oxygens (including phenoxy) is 2. The zero-order valence-electron chi connectivity index (χ0n) is 18.6. The van der Waals surface area contributed by atoms with Gasteiger partial charge < -0.3 is 14.8 Å². The molecule has 1 N–H and O–H groups in total. The Hall–Kier alpha value is -3.33. The van der Waals surface area contributed by atoms with Gasteiger partial charge in [-0.1, -0.05) is 13.0 Å². The first kappa shape index (κ1) is 21.9. The average Bonchev–Trinajstić information content (AvgIpc) is 3.32. The lowest BCUT2D eigenvalue weighted by molar-refractivity contribution is -0.121. The maximum atomic E-state index is 13.0. The Morgan fingerprint density at radius 1 is 1.16 bits per heavy atom. The van der Waals surface area contributed by atoms with Crippen LogP contribution in [0.25, 0.3) is 15.7 Å². The summed E-state index contributed by atoms with van der Waals surface area (Å²) in [7, 11) is 3.20. The molecule has 168 valence electrons. The van der Waals surface area contributed by atoms with E-state index < -0.39 is 0 Å². The van der Waals surface area contributed by atoms with Crippen LogP contribution in [0.2, 0.25) is 0 Å². The number of hydrogen-bond donors (Lipinski definition) is 1. The number of fused-ring (bicyclic) bond motifs is 3. The highest BCUT2D eigenvalue weighted by molar-refractivity contribution is 7.19. The first-order chi connectivity index (χ1) is 15.4. The SMILES string of the molecule is CCc1nn(CC(=O)NCCc2ccc(OC)cc2OC)c(=O)c2cc3sc(C)cc3n12. The van der Waals surface area contributed by atoms with Gasteiger partial charge in [-0.3, -0.25) is 14.0 Å². The number of hydrogen-bond acceptors (Lipinski definition) is 6. The first-order valence-corrected chi connectivity index (χ1v) is 11.3.